The molecule has 0 spiro atoms. The molecule has 2 nitrogen and oxygen atoms in total. The van der Waals surface area contributed by atoms with Crippen molar-refractivity contribution in [2.75, 3.05) is 12.3 Å². The second kappa shape index (κ2) is 4.56. The summed E-state index contributed by atoms with van der Waals surface area (Å²) in [6.07, 6.45) is -2.14. The van der Waals surface area contributed by atoms with Crippen LogP contribution in [0.5, 0.6) is 0 Å². The molecule has 0 amide bonds. The van der Waals surface area contributed by atoms with E-state index in [9.17, 15) is 13.2 Å². The van der Waals surface area contributed by atoms with Crippen LogP contribution in [0, 0.1) is 5.92 Å². The fourth-order valence-corrected chi connectivity index (χ4v) is 1.60. The van der Waals surface area contributed by atoms with Crippen LogP contribution < -0.4 is 5.73 Å². The molecule has 0 aromatic heterocycles. The third-order valence-electron chi connectivity index (χ3n) is 2.75. The molecule has 1 aliphatic rings. The summed E-state index contributed by atoms with van der Waals surface area (Å²) in [7, 11) is 0. The third kappa shape index (κ3) is 3.36. The van der Waals surface area contributed by atoms with Crippen LogP contribution in [-0.4, -0.2) is 6.61 Å². The van der Waals surface area contributed by atoms with Gasteiger partial charge in [0.1, 0.15) is 0 Å². The maximum Gasteiger partial charge on any atom is 0.416 e. The first-order valence-electron chi connectivity index (χ1n) is 5.50. The molecule has 1 fully saturated rings. The van der Waals surface area contributed by atoms with Crippen molar-refractivity contribution >= 4 is 5.69 Å². The minimum absolute atomic E-state index is 0.00831. The lowest BCUT2D eigenvalue weighted by molar-refractivity contribution is -0.138. The minimum atomic E-state index is -4.38. The van der Waals surface area contributed by atoms with Crippen molar-refractivity contribution < 1.29 is 17.9 Å². The Morgan fingerprint density at radius 1 is 1.29 bits per heavy atom. The van der Waals surface area contributed by atoms with E-state index in [1.165, 1.54) is 12.1 Å². The van der Waals surface area contributed by atoms with Crippen molar-refractivity contribution in [1.82, 2.24) is 0 Å². The summed E-state index contributed by atoms with van der Waals surface area (Å²) in [5.74, 6) is 0.540. The van der Waals surface area contributed by atoms with Gasteiger partial charge in [-0.1, -0.05) is 6.07 Å². The van der Waals surface area contributed by atoms with Gasteiger partial charge < -0.3 is 10.5 Å². The fourth-order valence-electron chi connectivity index (χ4n) is 1.60. The van der Waals surface area contributed by atoms with Crippen LogP contribution in [0.2, 0.25) is 0 Å². The molecule has 1 aromatic rings. The van der Waals surface area contributed by atoms with Gasteiger partial charge in [-0.3, -0.25) is 0 Å². The summed E-state index contributed by atoms with van der Waals surface area (Å²) in [4.78, 5) is 0. The van der Waals surface area contributed by atoms with Crippen LogP contribution in [-0.2, 0) is 17.5 Å². The van der Waals surface area contributed by atoms with E-state index in [2.05, 4.69) is 0 Å². The lowest BCUT2D eigenvalue weighted by Gasteiger charge is -2.13. The van der Waals surface area contributed by atoms with Crippen molar-refractivity contribution in [1.29, 1.82) is 0 Å². The highest BCUT2D eigenvalue weighted by Crippen LogP contribution is 2.34. The highest BCUT2D eigenvalue weighted by molar-refractivity contribution is 5.45. The number of nitrogens with two attached hydrogens (primary N) is 1. The average molecular weight is 245 g/mol. The number of ether oxygens (including phenoxy) is 1. The zero-order valence-corrected chi connectivity index (χ0v) is 9.26. The van der Waals surface area contributed by atoms with E-state index in [1.54, 1.807) is 0 Å². The summed E-state index contributed by atoms with van der Waals surface area (Å²) in [6, 6.07) is 3.80. The van der Waals surface area contributed by atoms with Crippen LogP contribution in [0.15, 0.2) is 18.2 Å². The molecule has 0 aliphatic heterocycles. The monoisotopic (exact) mass is 245 g/mol. The second-order valence-corrected chi connectivity index (χ2v) is 4.37. The van der Waals surface area contributed by atoms with Gasteiger partial charge in [0.25, 0.3) is 0 Å². The molecule has 0 atom stereocenters. The molecule has 0 heterocycles. The topological polar surface area (TPSA) is 35.2 Å². The number of hydrogen-bond acceptors (Lipinski definition) is 2. The van der Waals surface area contributed by atoms with Gasteiger partial charge in [0, 0.05) is 12.3 Å². The molecule has 2 N–H and O–H groups in total. The van der Waals surface area contributed by atoms with E-state index in [-0.39, 0.29) is 17.9 Å². The molecule has 1 aromatic carbocycles. The predicted octanol–water partition coefficient (Wildman–Crippen LogP) is 3.21. The fraction of sp³-hybridized carbons (Fsp3) is 0.500. The van der Waals surface area contributed by atoms with Gasteiger partial charge in [-0.15, -0.1) is 0 Å². The number of benzene rings is 1. The Hall–Kier alpha value is -1.23. The summed E-state index contributed by atoms with van der Waals surface area (Å²) < 4.78 is 43.4. The quantitative estimate of drug-likeness (QED) is 0.827. The average Bonchev–Trinajstić information content (AvgIpc) is 3.02. The highest BCUT2D eigenvalue weighted by atomic mass is 19.4. The normalized spacial score (nSPS) is 16.2. The molecule has 0 bridgehead atoms. The number of nitrogen functional groups attached to an aromatic ring is 1. The molecule has 94 valence electrons. The number of rotatable bonds is 4. The van der Waals surface area contributed by atoms with Gasteiger partial charge in [0.15, 0.2) is 0 Å². The molecule has 0 unspecified atom stereocenters. The first-order valence-corrected chi connectivity index (χ1v) is 5.50. The standard InChI is InChI=1S/C12H14F3NO/c13-12(14,15)11-5-10(16)4-3-9(11)7-17-6-8-1-2-8/h3-5,8H,1-2,6-7,16H2. The molecule has 5 heteroatoms. The van der Waals surface area contributed by atoms with E-state index in [1.807, 2.05) is 0 Å². The lowest BCUT2D eigenvalue weighted by atomic mass is 10.1. The van der Waals surface area contributed by atoms with Crippen LogP contribution >= 0.6 is 0 Å². The molecule has 2 rings (SSSR count). The molecule has 1 saturated carbocycles. The molecular weight excluding hydrogens is 231 g/mol. The van der Waals surface area contributed by atoms with Crippen molar-refractivity contribution in [2.45, 2.75) is 25.6 Å². The first-order chi connectivity index (χ1) is 7.97. The summed E-state index contributed by atoms with van der Waals surface area (Å²) in [5, 5.41) is 0. The van der Waals surface area contributed by atoms with Crippen LogP contribution in [0.1, 0.15) is 24.0 Å². The van der Waals surface area contributed by atoms with Crippen molar-refractivity contribution in [3.05, 3.63) is 29.3 Å². The Balaban J connectivity index is 2.08. The van der Waals surface area contributed by atoms with Crippen LogP contribution in [0.3, 0.4) is 0 Å². The smallest absolute Gasteiger partial charge is 0.399 e. The van der Waals surface area contributed by atoms with E-state index >= 15 is 0 Å². The van der Waals surface area contributed by atoms with Gasteiger partial charge in [0.2, 0.25) is 0 Å². The lowest BCUT2D eigenvalue weighted by Crippen LogP contribution is -2.11. The Morgan fingerprint density at radius 2 is 2.00 bits per heavy atom. The van der Waals surface area contributed by atoms with Gasteiger partial charge >= 0.3 is 6.18 Å². The Kier molecular flexibility index (Phi) is 3.28. The Labute approximate surface area is 97.6 Å². The van der Waals surface area contributed by atoms with Gasteiger partial charge in [-0.05, 0) is 36.5 Å². The number of alkyl halides is 3. The molecule has 0 radical (unpaired) electrons. The van der Waals surface area contributed by atoms with Crippen molar-refractivity contribution in [3.63, 3.8) is 0 Å². The van der Waals surface area contributed by atoms with E-state index in [4.69, 9.17) is 10.5 Å². The Morgan fingerprint density at radius 3 is 2.59 bits per heavy atom. The molecule has 1 aliphatic carbocycles. The van der Waals surface area contributed by atoms with E-state index in [0.29, 0.717) is 12.5 Å². The van der Waals surface area contributed by atoms with Gasteiger partial charge in [-0.2, -0.15) is 13.2 Å². The zero-order valence-electron chi connectivity index (χ0n) is 9.26. The molecule has 0 saturated heterocycles. The van der Waals surface area contributed by atoms with Crippen LogP contribution in [0.4, 0.5) is 18.9 Å². The summed E-state index contributed by atoms with van der Waals surface area (Å²) in [6.45, 7) is 0.535. The Bertz CT molecular complexity index is 399. The van der Waals surface area contributed by atoms with Crippen LogP contribution in [0.25, 0.3) is 0 Å². The first kappa shape index (κ1) is 12.2. The maximum absolute atomic E-state index is 12.7. The highest BCUT2D eigenvalue weighted by Gasteiger charge is 2.33. The van der Waals surface area contributed by atoms with E-state index < -0.39 is 11.7 Å². The van der Waals surface area contributed by atoms with Crippen molar-refractivity contribution in [2.24, 2.45) is 5.92 Å². The maximum atomic E-state index is 12.7. The number of halogens is 3. The van der Waals surface area contributed by atoms with Gasteiger partial charge in [0.05, 0.1) is 12.2 Å². The summed E-state index contributed by atoms with van der Waals surface area (Å²) in [5.41, 5.74) is 4.93. The predicted molar refractivity (Wildman–Crippen MR) is 58.2 cm³/mol. The van der Waals surface area contributed by atoms with Gasteiger partial charge in [-0.25, -0.2) is 0 Å². The minimum Gasteiger partial charge on any atom is -0.399 e. The zero-order chi connectivity index (χ0) is 12.5. The number of anilines is 1. The largest absolute Gasteiger partial charge is 0.416 e. The second-order valence-electron chi connectivity index (χ2n) is 4.37. The SMILES string of the molecule is Nc1ccc(COCC2CC2)c(C(F)(F)F)c1. The third-order valence-corrected chi connectivity index (χ3v) is 2.75. The number of hydrogen-bond donors (Lipinski definition) is 1. The van der Waals surface area contributed by atoms with Crippen molar-refractivity contribution in [3.8, 4) is 0 Å². The molecule has 17 heavy (non-hydrogen) atoms. The van der Waals surface area contributed by atoms with E-state index in [0.717, 1.165) is 18.9 Å². The molecular formula is C12H14F3NO. The summed E-state index contributed by atoms with van der Waals surface area (Å²) >= 11 is 0.